The number of aromatic nitrogens is 1. The summed E-state index contributed by atoms with van der Waals surface area (Å²) >= 11 is 12.1. The molecule has 0 unspecified atom stereocenters. The number of anilines is 1. The van der Waals surface area contributed by atoms with Crippen LogP contribution in [0.2, 0.25) is 10.0 Å². The van der Waals surface area contributed by atoms with Crippen molar-refractivity contribution in [2.75, 3.05) is 12.4 Å². The maximum Gasteiger partial charge on any atom is 0.258 e. The van der Waals surface area contributed by atoms with Crippen molar-refractivity contribution in [3.63, 3.8) is 0 Å². The van der Waals surface area contributed by atoms with Crippen LogP contribution in [-0.4, -0.2) is 18.2 Å². The molecule has 1 aromatic heterocycles. The van der Waals surface area contributed by atoms with Crippen LogP contribution >= 0.6 is 23.2 Å². The first-order valence-electron chi connectivity index (χ1n) is 6.95. The lowest BCUT2D eigenvalue weighted by Crippen LogP contribution is -2.11. The highest BCUT2D eigenvalue weighted by Gasteiger charge is 2.15. The fourth-order valence-corrected chi connectivity index (χ4v) is 2.79. The van der Waals surface area contributed by atoms with Crippen molar-refractivity contribution in [1.82, 2.24) is 5.16 Å². The molecule has 0 aliphatic carbocycles. The number of carbonyl (C=O) groups excluding carboxylic acids is 1. The lowest BCUT2D eigenvalue weighted by Gasteiger charge is -2.08. The summed E-state index contributed by atoms with van der Waals surface area (Å²) in [5.41, 5.74) is 1.79. The molecule has 2 aromatic carbocycles. The van der Waals surface area contributed by atoms with Gasteiger partial charge in [0.1, 0.15) is 5.69 Å². The molecule has 0 spiro atoms. The Labute approximate surface area is 148 Å². The molecule has 24 heavy (non-hydrogen) atoms. The van der Waals surface area contributed by atoms with E-state index in [1.54, 1.807) is 6.07 Å². The van der Waals surface area contributed by atoms with Gasteiger partial charge in [0.25, 0.3) is 5.91 Å². The highest BCUT2D eigenvalue weighted by molar-refractivity contribution is 6.37. The average Bonchev–Trinajstić information content (AvgIpc) is 3.04. The van der Waals surface area contributed by atoms with Gasteiger partial charge in [0.05, 0.1) is 17.2 Å². The summed E-state index contributed by atoms with van der Waals surface area (Å²) in [6.45, 7) is 0. The second kappa shape index (κ2) is 6.95. The number of nitrogens with one attached hydrogen (secondary N) is 1. The summed E-state index contributed by atoms with van der Waals surface area (Å²) in [7, 11) is 1.45. The van der Waals surface area contributed by atoms with Crippen molar-refractivity contribution in [2.45, 2.75) is 0 Å². The van der Waals surface area contributed by atoms with E-state index in [1.165, 1.54) is 19.2 Å². The van der Waals surface area contributed by atoms with Crippen LogP contribution in [0, 0.1) is 0 Å². The second-order valence-corrected chi connectivity index (χ2v) is 5.68. The van der Waals surface area contributed by atoms with Gasteiger partial charge in [-0.05, 0) is 12.1 Å². The molecule has 1 amide bonds. The monoisotopic (exact) mass is 362 g/mol. The molecule has 5 nitrogen and oxygen atoms in total. The number of benzene rings is 2. The Morgan fingerprint density at radius 1 is 1.12 bits per heavy atom. The van der Waals surface area contributed by atoms with E-state index in [0.717, 1.165) is 5.56 Å². The zero-order chi connectivity index (χ0) is 17.1. The first-order valence-corrected chi connectivity index (χ1v) is 7.70. The van der Waals surface area contributed by atoms with Crippen LogP contribution in [0.15, 0.2) is 53.1 Å². The third kappa shape index (κ3) is 3.37. The largest absolute Gasteiger partial charge is 0.494 e. The summed E-state index contributed by atoms with van der Waals surface area (Å²) in [5, 5.41) is 7.04. The minimum absolute atomic E-state index is 0.224. The van der Waals surface area contributed by atoms with Gasteiger partial charge in [-0.3, -0.25) is 10.1 Å². The quantitative estimate of drug-likeness (QED) is 0.715. The Kier molecular flexibility index (Phi) is 4.74. The molecule has 0 bridgehead atoms. The number of methoxy groups -OCH3 is 1. The van der Waals surface area contributed by atoms with E-state index in [2.05, 4.69) is 10.5 Å². The molecule has 0 aliphatic heterocycles. The molecule has 1 N–H and O–H groups in total. The Bertz CT molecular complexity index is 856. The number of amides is 1. The lowest BCUT2D eigenvalue weighted by atomic mass is 10.1. The van der Waals surface area contributed by atoms with Gasteiger partial charge in [-0.25, -0.2) is 0 Å². The zero-order valence-electron chi connectivity index (χ0n) is 12.5. The van der Waals surface area contributed by atoms with Crippen LogP contribution in [0.25, 0.3) is 11.3 Å². The minimum atomic E-state index is -0.419. The Morgan fingerprint density at radius 3 is 2.42 bits per heavy atom. The number of ether oxygens (including phenoxy) is 1. The molecule has 122 valence electrons. The Morgan fingerprint density at radius 2 is 1.79 bits per heavy atom. The van der Waals surface area contributed by atoms with Gasteiger partial charge >= 0.3 is 0 Å². The molecule has 0 atom stereocenters. The maximum atomic E-state index is 12.3. The molecule has 0 aliphatic rings. The van der Waals surface area contributed by atoms with Crippen LogP contribution in [0.4, 0.5) is 5.88 Å². The molecule has 7 heteroatoms. The summed E-state index contributed by atoms with van der Waals surface area (Å²) in [5.74, 6) is 0.125. The van der Waals surface area contributed by atoms with E-state index < -0.39 is 5.91 Å². The van der Waals surface area contributed by atoms with Crippen molar-refractivity contribution in [1.29, 1.82) is 0 Å². The van der Waals surface area contributed by atoms with Gasteiger partial charge in [0.15, 0.2) is 5.75 Å². The average molecular weight is 363 g/mol. The summed E-state index contributed by atoms with van der Waals surface area (Å²) in [6.07, 6.45) is 0. The first-order chi connectivity index (χ1) is 11.6. The van der Waals surface area contributed by atoms with Crippen molar-refractivity contribution in [3.8, 4) is 17.0 Å². The van der Waals surface area contributed by atoms with Gasteiger partial charge in [-0.1, -0.05) is 58.7 Å². The van der Waals surface area contributed by atoms with Crippen LogP contribution < -0.4 is 10.1 Å². The number of nitrogens with zero attached hydrogens (tertiary/aromatic N) is 1. The fourth-order valence-electron chi connectivity index (χ4n) is 2.15. The molecule has 3 rings (SSSR count). The standard InChI is InChI=1S/C17H12Cl2N2O3/c1-23-16-12(18)7-11(8-13(16)19)17(22)20-15-9-14(21-24-15)10-5-3-2-4-6-10/h2-9H,1H3,(H,20,22). The Hall–Kier alpha value is -2.50. The maximum absolute atomic E-state index is 12.3. The normalized spacial score (nSPS) is 10.5. The number of rotatable bonds is 4. The third-order valence-corrected chi connectivity index (χ3v) is 3.84. The number of hydrogen-bond acceptors (Lipinski definition) is 4. The summed E-state index contributed by atoms with van der Waals surface area (Å²) < 4.78 is 10.2. The van der Waals surface area contributed by atoms with Crippen molar-refractivity contribution < 1.29 is 14.1 Å². The van der Waals surface area contributed by atoms with E-state index in [9.17, 15) is 4.79 Å². The van der Waals surface area contributed by atoms with E-state index >= 15 is 0 Å². The molecule has 0 radical (unpaired) electrons. The number of hydrogen-bond donors (Lipinski definition) is 1. The fraction of sp³-hybridized carbons (Fsp3) is 0.0588. The van der Waals surface area contributed by atoms with Gasteiger partial charge < -0.3 is 9.26 Å². The van der Waals surface area contributed by atoms with E-state index in [-0.39, 0.29) is 21.5 Å². The van der Waals surface area contributed by atoms with E-state index in [1.807, 2.05) is 30.3 Å². The first kappa shape index (κ1) is 16.4. The molecule has 0 fully saturated rings. The summed E-state index contributed by atoms with van der Waals surface area (Å²) in [4.78, 5) is 12.3. The third-order valence-electron chi connectivity index (χ3n) is 3.28. The number of halogens is 2. The molecular formula is C17H12Cl2N2O3. The molecule has 3 aromatic rings. The SMILES string of the molecule is COc1c(Cl)cc(C(=O)Nc2cc(-c3ccccc3)no2)cc1Cl. The second-order valence-electron chi connectivity index (χ2n) is 4.87. The highest BCUT2D eigenvalue weighted by atomic mass is 35.5. The highest BCUT2D eigenvalue weighted by Crippen LogP contribution is 2.34. The number of carbonyl (C=O) groups is 1. The van der Waals surface area contributed by atoms with Crippen molar-refractivity contribution >= 4 is 35.0 Å². The molecular weight excluding hydrogens is 351 g/mol. The predicted octanol–water partition coefficient (Wildman–Crippen LogP) is 4.91. The van der Waals surface area contributed by atoms with Crippen LogP contribution in [-0.2, 0) is 0 Å². The van der Waals surface area contributed by atoms with Gasteiger partial charge in [-0.15, -0.1) is 0 Å². The predicted molar refractivity (Wildman–Crippen MR) is 92.9 cm³/mol. The minimum Gasteiger partial charge on any atom is -0.494 e. The topological polar surface area (TPSA) is 64.4 Å². The van der Waals surface area contributed by atoms with Crippen LogP contribution in [0.5, 0.6) is 5.75 Å². The van der Waals surface area contributed by atoms with Gasteiger partial charge in [0.2, 0.25) is 5.88 Å². The van der Waals surface area contributed by atoms with Crippen LogP contribution in [0.3, 0.4) is 0 Å². The molecule has 0 saturated heterocycles. The van der Waals surface area contributed by atoms with Crippen LogP contribution in [0.1, 0.15) is 10.4 Å². The van der Waals surface area contributed by atoms with Crippen molar-refractivity contribution in [2.24, 2.45) is 0 Å². The smallest absolute Gasteiger partial charge is 0.258 e. The van der Waals surface area contributed by atoms with Crippen molar-refractivity contribution in [3.05, 3.63) is 64.1 Å². The van der Waals surface area contributed by atoms with E-state index in [4.69, 9.17) is 32.5 Å². The summed E-state index contributed by atoms with van der Waals surface area (Å²) in [6, 6.07) is 14.1. The molecule has 1 heterocycles. The zero-order valence-corrected chi connectivity index (χ0v) is 14.1. The lowest BCUT2D eigenvalue weighted by molar-refractivity contribution is 0.102. The van der Waals surface area contributed by atoms with Gasteiger partial charge in [0, 0.05) is 17.2 Å². The van der Waals surface area contributed by atoms with E-state index in [0.29, 0.717) is 11.4 Å². The Balaban J connectivity index is 1.80. The molecule has 0 saturated carbocycles. The van der Waals surface area contributed by atoms with Gasteiger partial charge in [-0.2, -0.15) is 0 Å².